The highest BCUT2D eigenvalue weighted by Crippen LogP contribution is 2.26. The van der Waals surface area contributed by atoms with E-state index in [4.69, 9.17) is 9.47 Å². The van der Waals surface area contributed by atoms with Crippen LogP contribution in [0.3, 0.4) is 0 Å². The van der Waals surface area contributed by atoms with E-state index in [1.807, 2.05) is 0 Å². The van der Waals surface area contributed by atoms with Crippen LogP contribution in [0.1, 0.15) is 93.9 Å². The van der Waals surface area contributed by atoms with Crippen LogP contribution in [0.5, 0.6) is 0 Å². The van der Waals surface area contributed by atoms with Gasteiger partial charge in [-0.2, -0.15) is 0 Å². The molecule has 0 aromatic rings. The van der Waals surface area contributed by atoms with Crippen LogP contribution < -0.4 is 0 Å². The molecular formula is C22H46O2. The Kier molecular flexibility index (Phi) is 12.3. The second kappa shape index (κ2) is 12.3. The molecule has 2 nitrogen and oxygen atoms in total. The average molecular weight is 343 g/mol. The maximum Gasteiger partial charge on any atom is 0.0468 e. The molecule has 0 fully saturated rings. The molecule has 0 heterocycles. The Morgan fingerprint density at radius 1 is 0.583 bits per heavy atom. The third kappa shape index (κ3) is 18.3. The lowest BCUT2D eigenvalue weighted by Crippen LogP contribution is -2.13. The average Bonchev–Trinajstić information content (AvgIpc) is 2.36. The first kappa shape index (κ1) is 23.9. The van der Waals surface area contributed by atoms with Gasteiger partial charge in [0, 0.05) is 26.4 Å². The maximum absolute atomic E-state index is 5.76. The van der Waals surface area contributed by atoms with Crippen molar-refractivity contribution in [3.63, 3.8) is 0 Å². The summed E-state index contributed by atoms with van der Waals surface area (Å²) in [7, 11) is 0. The van der Waals surface area contributed by atoms with Gasteiger partial charge in [0.2, 0.25) is 0 Å². The van der Waals surface area contributed by atoms with Gasteiger partial charge in [-0.3, -0.25) is 0 Å². The highest BCUT2D eigenvalue weighted by molar-refractivity contribution is 4.67. The normalized spacial score (nSPS) is 15.5. The molecule has 0 spiro atoms. The molecular weight excluding hydrogens is 296 g/mol. The van der Waals surface area contributed by atoms with E-state index < -0.39 is 0 Å². The maximum atomic E-state index is 5.76. The Labute approximate surface area is 153 Å². The minimum absolute atomic E-state index is 0.432. The molecule has 0 saturated carbocycles. The van der Waals surface area contributed by atoms with Gasteiger partial charge in [-0.15, -0.1) is 0 Å². The molecule has 0 aromatic carbocycles. The molecule has 2 unspecified atom stereocenters. The van der Waals surface area contributed by atoms with Crippen molar-refractivity contribution in [1.29, 1.82) is 0 Å². The van der Waals surface area contributed by atoms with Crippen molar-refractivity contribution in [2.75, 3.05) is 26.4 Å². The van der Waals surface area contributed by atoms with Crippen molar-refractivity contribution >= 4 is 0 Å². The lowest BCUT2D eigenvalue weighted by atomic mass is 9.84. The smallest absolute Gasteiger partial charge is 0.0468 e. The van der Waals surface area contributed by atoms with Crippen molar-refractivity contribution < 1.29 is 9.47 Å². The van der Waals surface area contributed by atoms with Gasteiger partial charge >= 0.3 is 0 Å². The van der Waals surface area contributed by atoms with Gasteiger partial charge in [0.05, 0.1) is 0 Å². The fraction of sp³-hybridized carbons (Fsp3) is 1.00. The fourth-order valence-corrected chi connectivity index (χ4v) is 3.48. The van der Waals surface area contributed by atoms with Gasteiger partial charge in [0.15, 0.2) is 0 Å². The van der Waals surface area contributed by atoms with Crippen LogP contribution in [0.4, 0.5) is 0 Å². The van der Waals surface area contributed by atoms with Crippen molar-refractivity contribution in [3.05, 3.63) is 0 Å². The molecule has 0 radical (unpaired) electrons. The second-order valence-corrected chi connectivity index (χ2v) is 10.2. The minimum atomic E-state index is 0.432. The first-order valence-electron chi connectivity index (χ1n) is 10.1. The molecule has 2 atom stereocenters. The van der Waals surface area contributed by atoms with Crippen LogP contribution in [0.25, 0.3) is 0 Å². The number of hydrogen-bond acceptors (Lipinski definition) is 2. The zero-order valence-electron chi connectivity index (χ0n) is 18.0. The van der Waals surface area contributed by atoms with Gasteiger partial charge in [-0.25, -0.2) is 0 Å². The largest absolute Gasteiger partial charge is 0.381 e. The molecule has 0 aliphatic heterocycles. The quantitative estimate of drug-likeness (QED) is 0.346. The van der Waals surface area contributed by atoms with E-state index in [0.29, 0.717) is 10.8 Å². The van der Waals surface area contributed by atoms with E-state index in [9.17, 15) is 0 Å². The molecule has 0 amide bonds. The zero-order chi connectivity index (χ0) is 18.6. The van der Waals surface area contributed by atoms with Crippen molar-refractivity contribution in [2.45, 2.75) is 93.9 Å². The summed E-state index contributed by atoms with van der Waals surface area (Å²) in [6.07, 6.45) is 7.14. The summed E-state index contributed by atoms with van der Waals surface area (Å²) in [5.41, 5.74) is 0.863. The summed E-state index contributed by atoms with van der Waals surface area (Å²) < 4.78 is 11.5. The van der Waals surface area contributed by atoms with Crippen molar-refractivity contribution in [1.82, 2.24) is 0 Å². The standard InChI is InChI=1S/C22H46O2/c1-19(17-21(3,4)5)11-15-23-13-9-10-14-24-16-12-20(2)18-22(6,7)8/h19-20H,9-18H2,1-8H3. The molecule has 2 heteroatoms. The van der Waals surface area contributed by atoms with E-state index in [1.54, 1.807) is 0 Å². The summed E-state index contributed by atoms with van der Waals surface area (Å²) in [5.74, 6) is 1.51. The molecule has 24 heavy (non-hydrogen) atoms. The van der Waals surface area contributed by atoms with Gasteiger partial charge in [0.25, 0.3) is 0 Å². The van der Waals surface area contributed by atoms with E-state index in [-0.39, 0.29) is 0 Å². The Bertz CT molecular complexity index is 255. The summed E-state index contributed by atoms with van der Waals surface area (Å²) in [5, 5.41) is 0. The second-order valence-electron chi connectivity index (χ2n) is 10.2. The number of rotatable bonds is 13. The fourth-order valence-electron chi connectivity index (χ4n) is 3.48. The third-order valence-electron chi connectivity index (χ3n) is 4.26. The topological polar surface area (TPSA) is 18.5 Å². The monoisotopic (exact) mass is 342 g/mol. The van der Waals surface area contributed by atoms with Crippen molar-refractivity contribution in [3.8, 4) is 0 Å². The predicted octanol–water partition coefficient (Wildman–Crippen LogP) is 6.72. The third-order valence-corrected chi connectivity index (χ3v) is 4.26. The molecule has 0 saturated heterocycles. The molecule has 0 aliphatic carbocycles. The summed E-state index contributed by atoms with van der Waals surface area (Å²) in [4.78, 5) is 0. The Balaban J connectivity index is 3.34. The van der Waals surface area contributed by atoms with Crippen LogP contribution in [0, 0.1) is 22.7 Å². The van der Waals surface area contributed by atoms with Gasteiger partial charge in [-0.05, 0) is 61.2 Å². The molecule has 146 valence electrons. The molecule has 0 aromatic heterocycles. The number of unbranched alkanes of at least 4 members (excludes halogenated alkanes) is 1. The minimum Gasteiger partial charge on any atom is -0.381 e. The Morgan fingerprint density at radius 2 is 0.917 bits per heavy atom. The summed E-state index contributed by atoms with van der Waals surface area (Å²) in [6.45, 7) is 22.1. The Hall–Kier alpha value is -0.0800. The first-order chi connectivity index (χ1) is 11.0. The lowest BCUT2D eigenvalue weighted by Gasteiger charge is -2.23. The van der Waals surface area contributed by atoms with Crippen molar-refractivity contribution in [2.24, 2.45) is 22.7 Å². The van der Waals surface area contributed by atoms with E-state index in [1.165, 1.54) is 25.7 Å². The van der Waals surface area contributed by atoms with Crippen LogP contribution in [-0.2, 0) is 9.47 Å². The van der Waals surface area contributed by atoms with Crippen LogP contribution >= 0.6 is 0 Å². The van der Waals surface area contributed by atoms with Crippen LogP contribution in [0.2, 0.25) is 0 Å². The highest BCUT2D eigenvalue weighted by atomic mass is 16.5. The van der Waals surface area contributed by atoms with Crippen LogP contribution in [0.15, 0.2) is 0 Å². The van der Waals surface area contributed by atoms with Gasteiger partial charge < -0.3 is 9.47 Å². The highest BCUT2D eigenvalue weighted by Gasteiger charge is 2.15. The van der Waals surface area contributed by atoms with E-state index in [0.717, 1.165) is 51.1 Å². The summed E-state index contributed by atoms with van der Waals surface area (Å²) in [6, 6.07) is 0. The van der Waals surface area contributed by atoms with Gasteiger partial charge in [-0.1, -0.05) is 55.4 Å². The predicted molar refractivity (Wildman–Crippen MR) is 107 cm³/mol. The first-order valence-corrected chi connectivity index (χ1v) is 10.1. The lowest BCUT2D eigenvalue weighted by molar-refractivity contribution is 0.0879. The molecule has 0 aliphatic rings. The van der Waals surface area contributed by atoms with E-state index in [2.05, 4.69) is 55.4 Å². The Morgan fingerprint density at radius 3 is 1.21 bits per heavy atom. The zero-order valence-corrected chi connectivity index (χ0v) is 18.0. The molecule has 0 rings (SSSR count). The molecule has 0 bridgehead atoms. The number of ether oxygens (including phenoxy) is 2. The van der Waals surface area contributed by atoms with Gasteiger partial charge in [0.1, 0.15) is 0 Å². The molecule has 0 N–H and O–H groups in total. The summed E-state index contributed by atoms with van der Waals surface area (Å²) >= 11 is 0. The number of hydrogen-bond donors (Lipinski definition) is 0. The SMILES string of the molecule is CC(CCOCCCCOCCC(C)CC(C)(C)C)CC(C)(C)C. The van der Waals surface area contributed by atoms with E-state index >= 15 is 0 Å². The van der Waals surface area contributed by atoms with Crippen LogP contribution in [-0.4, -0.2) is 26.4 Å².